The van der Waals surface area contributed by atoms with Gasteiger partial charge in [-0.3, -0.25) is 4.79 Å². The Bertz CT molecular complexity index is 273. The van der Waals surface area contributed by atoms with Crippen molar-refractivity contribution in [2.45, 2.75) is 44.6 Å². The van der Waals surface area contributed by atoms with E-state index in [1.54, 1.807) is 4.90 Å². The molecule has 0 unspecified atom stereocenters. The summed E-state index contributed by atoms with van der Waals surface area (Å²) in [7, 11) is 0. The number of nitrogens with zero attached hydrogens (tertiary/aromatic N) is 1. The highest BCUT2D eigenvalue weighted by atomic mass is 16.4. The van der Waals surface area contributed by atoms with Gasteiger partial charge in [0.15, 0.2) is 0 Å². The molecule has 0 spiro atoms. The van der Waals surface area contributed by atoms with E-state index in [4.69, 9.17) is 5.11 Å². The Morgan fingerprint density at radius 2 is 1.93 bits per heavy atom. The van der Waals surface area contributed by atoms with E-state index < -0.39 is 12.0 Å². The molecule has 1 saturated heterocycles. The summed E-state index contributed by atoms with van der Waals surface area (Å²) in [5.74, 6) is -0.286. The molecule has 1 atom stereocenters. The number of rotatable bonds is 3. The fourth-order valence-electron chi connectivity index (χ4n) is 2.38. The fraction of sp³-hybridized carbons (Fsp3) is 0.818. The number of likely N-dealkylation sites (tertiary alicyclic amines) is 1. The summed E-state index contributed by atoms with van der Waals surface area (Å²) in [5.41, 5.74) is 0. The van der Waals surface area contributed by atoms with Gasteiger partial charge in [-0.2, -0.15) is 0 Å². The zero-order valence-corrected chi connectivity index (χ0v) is 8.82. The lowest BCUT2D eigenvalue weighted by Crippen LogP contribution is -2.41. The minimum absolute atomic E-state index is 0.0459. The number of amides is 1. The van der Waals surface area contributed by atoms with E-state index in [2.05, 4.69) is 0 Å². The topological polar surface area (TPSA) is 57.6 Å². The lowest BCUT2D eigenvalue weighted by Gasteiger charge is -2.28. The van der Waals surface area contributed by atoms with Gasteiger partial charge in [0.05, 0.1) is 0 Å². The number of hydrogen-bond donors (Lipinski definition) is 1. The Labute approximate surface area is 89.3 Å². The van der Waals surface area contributed by atoms with E-state index in [-0.39, 0.29) is 5.91 Å². The van der Waals surface area contributed by atoms with Gasteiger partial charge < -0.3 is 10.0 Å². The number of carboxylic acids is 1. The predicted molar refractivity (Wildman–Crippen MR) is 54.3 cm³/mol. The molecule has 4 heteroatoms. The van der Waals surface area contributed by atoms with Crippen molar-refractivity contribution in [3.8, 4) is 0 Å². The monoisotopic (exact) mass is 211 g/mol. The lowest BCUT2D eigenvalue weighted by atomic mass is 9.82. The predicted octanol–water partition coefficient (Wildman–Crippen LogP) is 1.25. The van der Waals surface area contributed by atoms with Gasteiger partial charge in [-0.25, -0.2) is 4.79 Å². The Morgan fingerprint density at radius 1 is 1.20 bits per heavy atom. The van der Waals surface area contributed by atoms with Gasteiger partial charge in [0, 0.05) is 13.0 Å². The van der Waals surface area contributed by atoms with Crippen molar-refractivity contribution < 1.29 is 14.7 Å². The maximum Gasteiger partial charge on any atom is 0.326 e. The van der Waals surface area contributed by atoms with E-state index in [1.807, 2.05) is 0 Å². The Kier molecular flexibility index (Phi) is 2.93. The van der Waals surface area contributed by atoms with Crippen LogP contribution >= 0.6 is 0 Å². The molecule has 0 radical (unpaired) electrons. The van der Waals surface area contributed by atoms with Crippen molar-refractivity contribution in [2.75, 3.05) is 6.54 Å². The van der Waals surface area contributed by atoms with Crippen LogP contribution in [0.4, 0.5) is 0 Å². The van der Waals surface area contributed by atoms with Crippen LogP contribution in [-0.4, -0.2) is 34.5 Å². The summed E-state index contributed by atoms with van der Waals surface area (Å²) in [6.45, 7) is 0.628. The number of carboxylic acid groups (broad SMARTS) is 1. The number of carbonyl (C=O) groups excluding carboxylic acids is 1. The third kappa shape index (κ3) is 2.13. The van der Waals surface area contributed by atoms with Crippen molar-refractivity contribution in [3.05, 3.63) is 0 Å². The van der Waals surface area contributed by atoms with Gasteiger partial charge >= 0.3 is 5.97 Å². The largest absolute Gasteiger partial charge is 0.480 e. The third-order valence-electron chi connectivity index (χ3n) is 3.55. The highest BCUT2D eigenvalue weighted by Gasteiger charge is 2.35. The summed E-state index contributed by atoms with van der Waals surface area (Å²) < 4.78 is 0. The molecule has 2 rings (SSSR count). The quantitative estimate of drug-likeness (QED) is 0.764. The second-order valence-corrected chi connectivity index (χ2v) is 4.58. The molecule has 1 N–H and O–H groups in total. The molecular formula is C11H17NO3. The van der Waals surface area contributed by atoms with Gasteiger partial charge in [0.25, 0.3) is 0 Å². The molecular weight excluding hydrogens is 194 g/mol. The average molecular weight is 211 g/mol. The summed E-state index contributed by atoms with van der Waals surface area (Å²) >= 11 is 0. The van der Waals surface area contributed by atoms with Crippen LogP contribution in [0.1, 0.15) is 38.5 Å². The third-order valence-corrected chi connectivity index (χ3v) is 3.55. The molecule has 0 aromatic carbocycles. The summed E-state index contributed by atoms with van der Waals surface area (Å²) in [5, 5.41) is 8.94. The minimum Gasteiger partial charge on any atom is -0.480 e. The van der Waals surface area contributed by atoms with Gasteiger partial charge in [0.2, 0.25) is 5.91 Å². The first-order valence-corrected chi connectivity index (χ1v) is 5.71. The molecule has 84 valence electrons. The van der Waals surface area contributed by atoms with Crippen LogP contribution in [0, 0.1) is 5.92 Å². The summed E-state index contributed by atoms with van der Waals surface area (Å²) in [6, 6.07) is -0.558. The Hall–Kier alpha value is -1.06. The van der Waals surface area contributed by atoms with E-state index in [9.17, 15) is 9.59 Å². The molecule has 0 aromatic rings. The highest BCUT2D eigenvalue weighted by Crippen LogP contribution is 2.31. The second-order valence-electron chi connectivity index (χ2n) is 4.58. The molecule has 2 fully saturated rings. The summed E-state index contributed by atoms with van der Waals surface area (Å²) in [4.78, 5) is 24.3. The van der Waals surface area contributed by atoms with Crippen molar-refractivity contribution in [1.29, 1.82) is 0 Å². The smallest absolute Gasteiger partial charge is 0.326 e. The van der Waals surface area contributed by atoms with Gasteiger partial charge in [0.1, 0.15) is 6.04 Å². The zero-order chi connectivity index (χ0) is 10.8. The maximum atomic E-state index is 11.8. The van der Waals surface area contributed by atoms with Crippen LogP contribution in [0.3, 0.4) is 0 Å². The summed E-state index contributed by atoms with van der Waals surface area (Å²) in [6.07, 6.45) is 5.50. The normalized spacial score (nSPS) is 26.4. The van der Waals surface area contributed by atoms with Crippen LogP contribution in [0.5, 0.6) is 0 Å². The van der Waals surface area contributed by atoms with Gasteiger partial charge in [-0.05, 0) is 31.6 Å². The van der Waals surface area contributed by atoms with Crippen molar-refractivity contribution in [2.24, 2.45) is 5.92 Å². The van der Waals surface area contributed by atoms with Crippen LogP contribution in [0.25, 0.3) is 0 Å². The fourth-order valence-corrected chi connectivity index (χ4v) is 2.38. The highest BCUT2D eigenvalue weighted by molar-refractivity contribution is 5.84. The van der Waals surface area contributed by atoms with Crippen LogP contribution < -0.4 is 0 Å². The van der Waals surface area contributed by atoms with Crippen molar-refractivity contribution >= 4 is 11.9 Å². The molecule has 0 aromatic heterocycles. The van der Waals surface area contributed by atoms with E-state index >= 15 is 0 Å². The molecule has 2 aliphatic rings. The lowest BCUT2D eigenvalue weighted by molar-refractivity contribution is -0.148. The Balaban J connectivity index is 1.90. The zero-order valence-electron chi connectivity index (χ0n) is 8.82. The van der Waals surface area contributed by atoms with Gasteiger partial charge in [-0.1, -0.05) is 6.42 Å². The maximum absolute atomic E-state index is 11.8. The molecule has 1 amide bonds. The van der Waals surface area contributed by atoms with E-state index in [0.29, 0.717) is 25.3 Å². The standard InChI is InChI=1S/C11H17NO3/c13-10(7-8-3-1-4-8)12-6-2-5-9(12)11(14)15/h8-9H,1-7H2,(H,14,15)/t9-/m0/s1. The first-order valence-electron chi connectivity index (χ1n) is 5.71. The first-order chi connectivity index (χ1) is 7.18. The van der Waals surface area contributed by atoms with Crippen molar-refractivity contribution in [1.82, 2.24) is 4.90 Å². The molecule has 1 aliphatic carbocycles. The van der Waals surface area contributed by atoms with E-state index in [0.717, 1.165) is 19.3 Å². The molecule has 1 saturated carbocycles. The molecule has 1 aliphatic heterocycles. The van der Waals surface area contributed by atoms with Crippen LogP contribution in [0.2, 0.25) is 0 Å². The minimum atomic E-state index is -0.852. The molecule has 4 nitrogen and oxygen atoms in total. The van der Waals surface area contributed by atoms with Crippen LogP contribution in [0.15, 0.2) is 0 Å². The second kappa shape index (κ2) is 4.21. The van der Waals surface area contributed by atoms with Crippen LogP contribution in [-0.2, 0) is 9.59 Å². The van der Waals surface area contributed by atoms with E-state index in [1.165, 1.54) is 6.42 Å². The first kappa shape index (κ1) is 10.5. The number of aliphatic carboxylic acids is 1. The Morgan fingerprint density at radius 3 is 2.47 bits per heavy atom. The van der Waals surface area contributed by atoms with Gasteiger partial charge in [-0.15, -0.1) is 0 Å². The molecule has 15 heavy (non-hydrogen) atoms. The number of carbonyl (C=O) groups is 2. The molecule has 0 bridgehead atoms. The van der Waals surface area contributed by atoms with Crippen molar-refractivity contribution in [3.63, 3.8) is 0 Å². The average Bonchev–Trinajstić information content (AvgIpc) is 2.59. The molecule has 1 heterocycles. The SMILES string of the molecule is O=C(O)[C@@H]1CCCN1C(=O)CC1CCC1. The number of hydrogen-bond acceptors (Lipinski definition) is 2.